The molecule has 0 bridgehead atoms. The second-order valence-corrected chi connectivity index (χ2v) is 9.02. The van der Waals surface area contributed by atoms with E-state index in [0.29, 0.717) is 34.3 Å². The topological polar surface area (TPSA) is 85.2 Å². The van der Waals surface area contributed by atoms with Gasteiger partial charge in [0.2, 0.25) is 0 Å². The number of nitrogens with zero attached hydrogens (tertiary/aromatic N) is 5. The van der Waals surface area contributed by atoms with Crippen LogP contribution in [0.25, 0.3) is 17.6 Å². The van der Waals surface area contributed by atoms with Gasteiger partial charge < -0.3 is 15.0 Å². The quantitative estimate of drug-likeness (QED) is 0.301. The average Bonchev–Trinajstić information content (AvgIpc) is 3.30. The van der Waals surface area contributed by atoms with Crippen LogP contribution in [0, 0.1) is 0 Å². The molecule has 1 N–H and O–H groups in total. The zero-order valence-electron chi connectivity index (χ0n) is 21.4. The molecule has 0 aliphatic rings. The summed E-state index contributed by atoms with van der Waals surface area (Å²) in [6, 6.07) is 16.6. The first kappa shape index (κ1) is 26.6. The maximum absolute atomic E-state index is 13.6. The van der Waals surface area contributed by atoms with Gasteiger partial charge in [-0.3, -0.25) is 9.36 Å². The molecule has 4 aromatic rings. The van der Waals surface area contributed by atoms with Crippen LogP contribution >= 0.6 is 0 Å². The van der Waals surface area contributed by atoms with Gasteiger partial charge in [0.25, 0.3) is 11.8 Å². The highest BCUT2D eigenvalue weighted by molar-refractivity contribution is 6.03. The predicted octanol–water partition coefficient (Wildman–Crippen LogP) is 5.45. The van der Waals surface area contributed by atoms with Crippen LogP contribution in [-0.4, -0.2) is 44.7 Å². The Hall–Kier alpha value is -4.44. The van der Waals surface area contributed by atoms with Crippen LogP contribution in [0.3, 0.4) is 0 Å². The molecule has 2 heterocycles. The fraction of sp³-hybridized carbons (Fsp3) is 0.214. The van der Waals surface area contributed by atoms with Crippen molar-refractivity contribution in [2.45, 2.75) is 26.0 Å². The molecule has 2 aromatic carbocycles. The zero-order valence-corrected chi connectivity index (χ0v) is 21.4. The molecule has 0 unspecified atom stereocenters. The summed E-state index contributed by atoms with van der Waals surface area (Å²) in [5, 5.41) is 11.1. The molecule has 0 atom stereocenters. The molecule has 0 aliphatic heterocycles. The van der Waals surface area contributed by atoms with E-state index in [1.165, 1.54) is 24.4 Å². The second-order valence-electron chi connectivity index (χ2n) is 9.02. The minimum atomic E-state index is -2.97. The number of rotatable bonds is 10. The van der Waals surface area contributed by atoms with Crippen molar-refractivity contribution >= 4 is 17.9 Å². The Bertz CT molecular complexity index is 1410. The Balaban J connectivity index is 1.42. The van der Waals surface area contributed by atoms with Crippen LogP contribution in [-0.2, 0) is 19.1 Å². The summed E-state index contributed by atoms with van der Waals surface area (Å²) < 4.78 is 34.5. The fourth-order valence-corrected chi connectivity index (χ4v) is 3.73. The predicted molar refractivity (Wildman–Crippen MR) is 142 cm³/mol. The number of alkyl halides is 2. The maximum atomic E-state index is 13.6. The minimum Gasteiger partial charge on any atom is -0.486 e. The first-order valence-corrected chi connectivity index (χ1v) is 11.8. The smallest absolute Gasteiger partial charge is 0.270 e. The van der Waals surface area contributed by atoms with Gasteiger partial charge in [-0.25, -0.2) is 13.8 Å². The van der Waals surface area contributed by atoms with Crippen molar-refractivity contribution in [1.29, 1.82) is 0 Å². The number of halogens is 2. The molecule has 0 saturated carbocycles. The number of benzene rings is 2. The second kappa shape index (κ2) is 11.3. The lowest BCUT2D eigenvalue weighted by molar-refractivity contribution is 0.0172. The van der Waals surface area contributed by atoms with E-state index < -0.39 is 5.92 Å². The molecular weight excluding hydrogens is 490 g/mol. The van der Waals surface area contributed by atoms with E-state index in [4.69, 9.17) is 4.74 Å². The number of pyridine rings is 1. The van der Waals surface area contributed by atoms with E-state index in [2.05, 4.69) is 32.0 Å². The highest BCUT2D eigenvalue weighted by atomic mass is 19.3. The van der Waals surface area contributed by atoms with Crippen LogP contribution in [0.5, 0.6) is 5.75 Å². The van der Waals surface area contributed by atoms with Gasteiger partial charge in [-0.05, 0) is 56.1 Å². The Kier molecular flexibility index (Phi) is 7.92. The van der Waals surface area contributed by atoms with Crippen LogP contribution < -0.4 is 10.1 Å². The zero-order chi connectivity index (χ0) is 27.3. The number of carbonyl (C=O) groups is 1. The summed E-state index contributed by atoms with van der Waals surface area (Å²) in [4.78, 5) is 19.0. The third kappa shape index (κ3) is 6.46. The lowest BCUT2D eigenvalue weighted by Crippen LogP contribution is -2.14. The normalized spacial score (nSPS) is 11.4. The van der Waals surface area contributed by atoms with E-state index in [1.807, 2.05) is 26.2 Å². The van der Waals surface area contributed by atoms with Crippen molar-refractivity contribution in [2.75, 3.05) is 19.4 Å². The summed E-state index contributed by atoms with van der Waals surface area (Å²) in [7, 11) is 3.97. The summed E-state index contributed by atoms with van der Waals surface area (Å²) >= 11 is 0. The summed E-state index contributed by atoms with van der Waals surface area (Å²) in [5.41, 5.74) is 2.14. The minimum absolute atomic E-state index is 0.00728. The highest BCUT2D eigenvalue weighted by Crippen LogP contribution is 2.29. The van der Waals surface area contributed by atoms with E-state index in [-0.39, 0.29) is 18.1 Å². The molecule has 0 spiro atoms. The molecule has 0 fully saturated rings. The molecule has 4 rings (SSSR count). The molecule has 196 valence electrons. The van der Waals surface area contributed by atoms with Gasteiger partial charge in [-0.2, -0.15) is 0 Å². The molecular formula is C28H28F2N6O2. The molecule has 8 nitrogen and oxygen atoms in total. The van der Waals surface area contributed by atoms with Crippen molar-refractivity contribution in [3.63, 3.8) is 0 Å². The lowest BCUT2D eigenvalue weighted by Gasteiger charge is -2.12. The monoisotopic (exact) mass is 518 g/mol. The molecule has 0 saturated heterocycles. The summed E-state index contributed by atoms with van der Waals surface area (Å²) in [6.45, 7) is 5.43. The number of hydrogen-bond donors (Lipinski definition) is 1. The average molecular weight is 519 g/mol. The van der Waals surface area contributed by atoms with E-state index in [9.17, 15) is 13.6 Å². The Morgan fingerprint density at radius 2 is 1.89 bits per heavy atom. The number of amides is 1. The molecule has 0 radical (unpaired) electrons. The number of hydrogen-bond acceptors (Lipinski definition) is 6. The SMILES string of the molecule is C=Cn1c(COc2cccc(C(C)(F)F)c2)nnc1-c1ccc(NC(=O)c2ccc(CN(C)C)cc2)nc1. The number of carbonyl (C=O) groups excluding carboxylic acids is 1. The number of anilines is 1. The van der Waals surface area contributed by atoms with Crippen molar-refractivity contribution < 1.29 is 18.3 Å². The Morgan fingerprint density at radius 3 is 2.53 bits per heavy atom. The first-order valence-electron chi connectivity index (χ1n) is 11.8. The van der Waals surface area contributed by atoms with Gasteiger partial charge in [0, 0.05) is 42.6 Å². The van der Waals surface area contributed by atoms with Gasteiger partial charge in [0.15, 0.2) is 11.6 Å². The third-order valence-electron chi connectivity index (χ3n) is 5.64. The van der Waals surface area contributed by atoms with Crippen LogP contribution in [0.1, 0.15) is 34.2 Å². The van der Waals surface area contributed by atoms with E-state index in [1.54, 1.807) is 41.1 Å². The largest absolute Gasteiger partial charge is 0.486 e. The lowest BCUT2D eigenvalue weighted by atomic mass is 10.1. The van der Waals surface area contributed by atoms with Crippen molar-refractivity contribution in [1.82, 2.24) is 24.6 Å². The van der Waals surface area contributed by atoms with Crippen LogP contribution in [0.4, 0.5) is 14.6 Å². The van der Waals surface area contributed by atoms with Crippen molar-refractivity contribution in [3.05, 3.63) is 96.0 Å². The third-order valence-corrected chi connectivity index (χ3v) is 5.64. The first-order chi connectivity index (χ1) is 18.1. The summed E-state index contributed by atoms with van der Waals surface area (Å²) in [6.07, 6.45) is 3.09. The molecule has 38 heavy (non-hydrogen) atoms. The van der Waals surface area contributed by atoms with Crippen molar-refractivity contribution in [3.8, 4) is 17.1 Å². The molecule has 1 amide bonds. The Labute approximate surface area is 219 Å². The number of aromatic nitrogens is 4. The van der Waals surface area contributed by atoms with Gasteiger partial charge in [0.05, 0.1) is 0 Å². The van der Waals surface area contributed by atoms with Crippen molar-refractivity contribution in [2.24, 2.45) is 0 Å². The van der Waals surface area contributed by atoms with Gasteiger partial charge in [-0.15, -0.1) is 10.2 Å². The maximum Gasteiger partial charge on any atom is 0.270 e. The molecule has 10 heteroatoms. The van der Waals surface area contributed by atoms with Gasteiger partial charge in [0.1, 0.15) is 18.2 Å². The number of nitrogens with one attached hydrogen (secondary N) is 1. The fourth-order valence-electron chi connectivity index (χ4n) is 3.73. The van der Waals surface area contributed by atoms with E-state index >= 15 is 0 Å². The van der Waals surface area contributed by atoms with Crippen LogP contribution in [0.15, 0.2) is 73.4 Å². The standard InChI is InChI=1S/C28H28F2N6O2/c1-5-36-25(18-38-23-8-6-7-22(15-23)28(2,29)30)33-34-26(36)21-13-14-24(31-16-21)32-27(37)20-11-9-19(10-12-20)17-35(3)4/h5-16H,1,17-18H2,2-4H3,(H,31,32,37). The highest BCUT2D eigenvalue weighted by Gasteiger charge is 2.24. The Morgan fingerprint density at radius 1 is 1.13 bits per heavy atom. The van der Waals surface area contributed by atoms with Gasteiger partial charge in [-0.1, -0.05) is 30.8 Å². The van der Waals surface area contributed by atoms with Gasteiger partial charge >= 0.3 is 0 Å². The molecule has 2 aromatic heterocycles. The molecule has 0 aliphatic carbocycles. The van der Waals surface area contributed by atoms with Crippen LogP contribution in [0.2, 0.25) is 0 Å². The van der Waals surface area contributed by atoms with E-state index in [0.717, 1.165) is 19.0 Å². The summed E-state index contributed by atoms with van der Waals surface area (Å²) in [5.74, 6) is -1.66. The number of ether oxygens (including phenoxy) is 1.